The van der Waals surface area contributed by atoms with Crippen molar-refractivity contribution in [3.05, 3.63) is 59.3 Å². The van der Waals surface area contributed by atoms with E-state index >= 15 is 0 Å². The van der Waals surface area contributed by atoms with E-state index in [1.54, 1.807) is 21.3 Å². The molecule has 196 valence electrons. The number of nitrogens with one attached hydrogen (secondary N) is 1. The monoisotopic (exact) mass is 505 g/mol. The number of hydrogen-bond acceptors (Lipinski definition) is 7. The molecular weight excluding hydrogens is 470 g/mol. The summed E-state index contributed by atoms with van der Waals surface area (Å²) in [6.45, 7) is 3.15. The van der Waals surface area contributed by atoms with Crippen molar-refractivity contribution in [1.29, 1.82) is 0 Å². The summed E-state index contributed by atoms with van der Waals surface area (Å²) in [6.07, 6.45) is 3.14. The van der Waals surface area contributed by atoms with Gasteiger partial charge in [0.1, 0.15) is 5.75 Å². The Hall–Kier alpha value is -3.52. The quantitative estimate of drug-likeness (QED) is 0.493. The lowest BCUT2D eigenvalue weighted by molar-refractivity contribution is -0.133. The van der Waals surface area contributed by atoms with Gasteiger partial charge in [-0.3, -0.25) is 4.79 Å². The molecule has 2 aliphatic heterocycles. The number of rotatable bonds is 8. The number of ether oxygens (including phenoxy) is 3. The summed E-state index contributed by atoms with van der Waals surface area (Å²) in [4.78, 5) is 15.4. The molecule has 2 atom stereocenters. The molecule has 0 bridgehead atoms. The van der Waals surface area contributed by atoms with Crippen molar-refractivity contribution >= 4 is 5.91 Å². The molecule has 2 aliphatic rings. The molecule has 3 aromatic rings. The molecular formula is C29H35N3O5. The maximum Gasteiger partial charge on any atom is 0.223 e. The predicted octanol–water partition coefficient (Wildman–Crippen LogP) is 4.11. The average Bonchev–Trinajstić information content (AvgIpc) is 3.41. The fourth-order valence-corrected chi connectivity index (χ4v) is 5.50. The summed E-state index contributed by atoms with van der Waals surface area (Å²) in [5, 5.41) is 7.84. The largest absolute Gasteiger partial charge is 0.497 e. The van der Waals surface area contributed by atoms with E-state index in [4.69, 9.17) is 18.7 Å². The summed E-state index contributed by atoms with van der Waals surface area (Å²) in [5.41, 5.74) is 4.24. The Balaban J connectivity index is 1.23. The first-order valence-electron chi connectivity index (χ1n) is 12.9. The fraction of sp³-hybridized carbons (Fsp3) is 0.448. The van der Waals surface area contributed by atoms with Gasteiger partial charge >= 0.3 is 0 Å². The van der Waals surface area contributed by atoms with Crippen LogP contribution >= 0.6 is 0 Å². The van der Waals surface area contributed by atoms with Crippen LogP contribution in [0.4, 0.5) is 0 Å². The van der Waals surface area contributed by atoms with Crippen molar-refractivity contribution in [3.63, 3.8) is 0 Å². The highest BCUT2D eigenvalue weighted by atomic mass is 16.5. The van der Waals surface area contributed by atoms with Gasteiger partial charge in [0.25, 0.3) is 0 Å². The molecule has 1 aromatic heterocycles. The molecule has 1 fully saturated rings. The van der Waals surface area contributed by atoms with Crippen molar-refractivity contribution in [3.8, 4) is 28.6 Å². The summed E-state index contributed by atoms with van der Waals surface area (Å²) in [5.74, 6) is 3.84. The Morgan fingerprint density at radius 1 is 1.03 bits per heavy atom. The lowest BCUT2D eigenvalue weighted by Gasteiger charge is -2.35. The minimum atomic E-state index is 0.219. The second kappa shape index (κ2) is 11.3. The van der Waals surface area contributed by atoms with Gasteiger partial charge in [0, 0.05) is 31.1 Å². The third-order valence-electron chi connectivity index (χ3n) is 7.68. The number of nitrogens with zero attached hydrogens (tertiary/aromatic N) is 2. The van der Waals surface area contributed by atoms with Gasteiger partial charge in [-0.1, -0.05) is 5.16 Å². The Kier molecular flexibility index (Phi) is 7.65. The van der Waals surface area contributed by atoms with Crippen molar-refractivity contribution < 1.29 is 23.5 Å². The van der Waals surface area contributed by atoms with Crippen LogP contribution in [0.5, 0.6) is 17.2 Å². The van der Waals surface area contributed by atoms with Gasteiger partial charge in [-0.25, -0.2) is 0 Å². The average molecular weight is 506 g/mol. The third kappa shape index (κ3) is 5.59. The number of piperidine rings is 1. The smallest absolute Gasteiger partial charge is 0.223 e. The van der Waals surface area contributed by atoms with Gasteiger partial charge in [0.15, 0.2) is 17.3 Å². The first-order chi connectivity index (χ1) is 18.1. The van der Waals surface area contributed by atoms with Gasteiger partial charge in [-0.2, -0.15) is 0 Å². The molecule has 0 radical (unpaired) electrons. The second-order valence-electron chi connectivity index (χ2n) is 9.87. The number of amides is 1. The van der Waals surface area contributed by atoms with Crippen LogP contribution in [-0.2, 0) is 24.2 Å². The minimum Gasteiger partial charge on any atom is -0.497 e. The number of aromatic nitrogens is 1. The number of benzene rings is 2. The van der Waals surface area contributed by atoms with Gasteiger partial charge in [0.2, 0.25) is 5.91 Å². The van der Waals surface area contributed by atoms with Gasteiger partial charge in [-0.05, 0) is 91.7 Å². The maximum atomic E-state index is 13.4. The molecule has 2 aromatic carbocycles. The normalized spacial score (nSPS) is 19.3. The van der Waals surface area contributed by atoms with E-state index in [1.807, 2.05) is 47.4 Å². The SMILES string of the molecule is COc1ccc(-c2cc(CC3CNCCC3CC(=O)N3CCc4cc(OC)c(OC)cc4C3)no2)cc1. The van der Waals surface area contributed by atoms with Crippen LogP contribution in [0, 0.1) is 11.8 Å². The second-order valence-corrected chi connectivity index (χ2v) is 9.87. The molecule has 0 spiro atoms. The van der Waals surface area contributed by atoms with Gasteiger partial charge in [-0.15, -0.1) is 0 Å². The lowest BCUT2D eigenvalue weighted by atomic mass is 9.80. The zero-order valence-electron chi connectivity index (χ0n) is 21.8. The van der Waals surface area contributed by atoms with Crippen molar-refractivity contribution in [2.75, 3.05) is 41.0 Å². The first kappa shape index (κ1) is 25.1. The molecule has 1 saturated heterocycles. The summed E-state index contributed by atoms with van der Waals surface area (Å²) < 4.78 is 21.8. The molecule has 0 saturated carbocycles. The van der Waals surface area contributed by atoms with E-state index in [-0.39, 0.29) is 5.91 Å². The van der Waals surface area contributed by atoms with Crippen LogP contribution in [0.2, 0.25) is 0 Å². The molecule has 0 aliphatic carbocycles. The zero-order valence-corrected chi connectivity index (χ0v) is 21.8. The molecule has 3 heterocycles. The van der Waals surface area contributed by atoms with E-state index in [0.717, 1.165) is 73.0 Å². The maximum absolute atomic E-state index is 13.4. The lowest BCUT2D eigenvalue weighted by Crippen LogP contribution is -2.42. The summed E-state index contributed by atoms with van der Waals surface area (Å²) >= 11 is 0. The number of fused-ring (bicyclic) bond motifs is 1. The molecule has 1 amide bonds. The topological polar surface area (TPSA) is 86.1 Å². The van der Waals surface area contributed by atoms with Crippen LogP contribution < -0.4 is 19.5 Å². The predicted molar refractivity (Wildman–Crippen MR) is 140 cm³/mol. The Morgan fingerprint density at radius 2 is 1.78 bits per heavy atom. The molecule has 8 nitrogen and oxygen atoms in total. The molecule has 37 heavy (non-hydrogen) atoms. The van der Waals surface area contributed by atoms with Gasteiger partial charge < -0.3 is 29.0 Å². The number of carbonyl (C=O) groups excluding carboxylic acids is 1. The van der Waals surface area contributed by atoms with Crippen LogP contribution in [0.3, 0.4) is 0 Å². The van der Waals surface area contributed by atoms with Crippen LogP contribution in [0.25, 0.3) is 11.3 Å². The highest BCUT2D eigenvalue weighted by molar-refractivity contribution is 5.77. The number of carbonyl (C=O) groups is 1. The van der Waals surface area contributed by atoms with Crippen molar-refractivity contribution in [1.82, 2.24) is 15.4 Å². The number of hydrogen-bond donors (Lipinski definition) is 1. The highest BCUT2D eigenvalue weighted by Crippen LogP contribution is 2.34. The first-order valence-corrected chi connectivity index (χ1v) is 12.9. The van der Waals surface area contributed by atoms with E-state index in [2.05, 4.69) is 10.5 Å². The van der Waals surface area contributed by atoms with Crippen LogP contribution in [0.15, 0.2) is 47.0 Å². The minimum absolute atomic E-state index is 0.219. The number of methoxy groups -OCH3 is 3. The van der Waals surface area contributed by atoms with E-state index in [9.17, 15) is 4.79 Å². The van der Waals surface area contributed by atoms with E-state index < -0.39 is 0 Å². The molecule has 1 N–H and O–H groups in total. The Labute approximate surface area is 217 Å². The Morgan fingerprint density at radius 3 is 2.51 bits per heavy atom. The van der Waals surface area contributed by atoms with Crippen LogP contribution in [0.1, 0.15) is 29.7 Å². The summed E-state index contributed by atoms with van der Waals surface area (Å²) in [7, 11) is 4.94. The fourth-order valence-electron chi connectivity index (χ4n) is 5.50. The van der Waals surface area contributed by atoms with Crippen LogP contribution in [-0.4, -0.2) is 56.9 Å². The third-order valence-corrected chi connectivity index (χ3v) is 7.68. The standard InChI is InChI=1S/C29H35N3O5/c1-34-25-6-4-19(5-7-25)26-16-24(31-37-26)12-22-17-30-10-8-20(22)15-29(33)32-11-9-21-13-27(35-2)28(36-3)14-23(21)18-32/h4-7,13-14,16,20,22,30H,8-12,15,17-18H2,1-3H3. The van der Waals surface area contributed by atoms with E-state index in [1.165, 1.54) is 5.56 Å². The van der Waals surface area contributed by atoms with Gasteiger partial charge in [0.05, 0.1) is 27.0 Å². The van der Waals surface area contributed by atoms with E-state index in [0.29, 0.717) is 30.6 Å². The molecule has 2 unspecified atom stereocenters. The highest BCUT2D eigenvalue weighted by Gasteiger charge is 2.31. The molecule has 5 rings (SSSR count). The Bertz CT molecular complexity index is 1220. The zero-order chi connectivity index (χ0) is 25.8. The van der Waals surface area contributed by atoms with Crippen molar-refractivity contribution in [2.45, 2.75) is 32.2 Å². The summed E-state index contributed by atoms with van der Waals surface area (Å²) in [6, 6.07) is 13.8. The van der Waals surface area contributed by atoms with Crippen molar-refractivity contribution in [2.24, 2.45) is 11.8 Å². The molecule has 8 heteroatoms.